The van der Waals surface area contributed by atoms with Gasteiger partial charge in [0, 0.05) is 49.6 Å². The number of rotatable bonds is 8. The van der Waals surface area contributed by atoms with E-state index in [-0.39, 0.29) is 5.41 Å². The number of halogens is 1. The van der Waals surface area contributed by atoms with E-state index < -0.39 is 5.67 Å². The molecule has 8 rings (SSSR count). The first-order valence-corrected chi connectivity index (χ1v) is 12.3. The predicted octanol–water partition coefficient (Wildman–Crippen LogP) is 4.12. The van der Waals surface area contributed by atoms with Crippen molar-refractivity contribution in [2.75, 3.05) is 6.54 Å². The third kappa shape index (κ3) is 3.71. The molecule has 2 bridgehead atoms. The zero-order chi connectivity index (χ0) is 24.3. The second-order valence-electron chi connectivity index (χ2n) is 10.6. The van der Waals surface area contributed by atoms with Crippen molar-refractivity contribution >= 4 is 5.65 Å². The predicted molar refractivity (Wildman–Crippen MR) is 133 cm³/mol. The molecule has 36 heavy (non-hydrogen) atoms. The second kappa shape index (κ2) is 7.83. The van der Waals surface area contributed by atoms with Crippen LogP contribution in [0.15, 0.2) is 67.6 Å². The van der Waals surface area contributed by atoms with Gasteiger partial charge in [0.15, 0.2) is 0 Å². The number of aryl methyl sites for hydroxylation is 1. The van der Waals surface area contributed by atoms with E-state index in [0.29, 0.717) is 6.54 Å². The number of pyridine rings is 2. The zero-order valence-corrected chi connectivity index (χ0v) is 20.1. The van der Waals surface area contributed by atoms with Crippen molar-refractivity contribution in [2.45, 2.75) is 44.9 Å². The molecule has 0 spiro atoms. The summed E-state index contributed by atoms with van der Waals surface area (Å²) < 4.78 is 19.7. The normalized spacial score (nSPS) is 22.5. The Morgan fingerprint density at radius 2 is 1.89 bits per heavy atom. The summed E-state index contributed by atoms with van der Waals surface area (Å²) in [5.74, 6) is 0. The lowest BCUT2D eigenvalue weighted by molar-refractivity contribution is -0.209. The first kappa shape index (κ1) is 21.4. The number of hydrogen-bond acceptors (Lipinski definition) is 5. The van der Waals surface area contributed by atoms with Crippen LogP contribution in [0.2, 0.25) is 0 Å². The van der Waals surface area contributed by atoms with E-state index in [1.807, 2.05) is 53.8 Å². The highest BCUT2D eigenvalue weighted by Crippen LogP contribution is 2.69. The third-order valence-corrected chi connectivity index (χ3v) is 7.63. The first-order valence-electron chi connectivity index (χ1n) is 12.3. The molecular formula is C27H27FN8. The average Bonchev–Trinajstić information content (AvgIpc) is 3.59. The highest BCUT2D eigenvalue weighted by Gasteiger charge is 2.68. The maximum absolute atomic E-state index is 13.8. The lowest BCUT2D eigenvalue weighted by atomic mass is 9.42. The molecule has 1 N–H and O–H groups in total. The van der Waals surface area contributed by atoms with E-state index in [1.165, 1.54) is 11.1 Å². The highest BCUT2D eigenvalue weighted by atomic mass is 19.1. The smallest absolute Gasteiger partial charge is 0.137 e. The molecule has 5 aromatic heterocycles. The van der Waals surface area contributed by atoms with Crippen molar-refractivity contribution in [3.05, 3.63) is 84.5 Å². The summed E-state index contributed by atoms with van der Waals surface area (Å²) in [6.07, 6.45) is 15.9. The Labute approximate surface area is 207 Å². The van der Waals surface area contributed by atoms with Gasteiger partial charge in [0.25, 0.3) is 0 Å². The van der Waals surface area contributed by atoms with Crippen molar-refractivity contribution in [1.29, 1.82) is 0 Å². The summed E-state index contributed by atoms with van der Waals surface area (Å²) in [6.45, 7) is 4.31. The third-order valence-electron chi connectivity index (χ3n) is 7.63. The fourth-order valence-electron chi connectivity index (χ4n) is 5.89. The average molecular weight is 483 g/mol. The Kier molecular flexibility index (Phi) is 4.66. The molecule has 0 radical (unpaired) electrons. The highest BCUT2D eigenvalue weighted by molar-refractivity contribution is 5.59. The Balaban J connectivity index is 1.05. The summed E-state index contributed by atoms with van der Waals surface area (Å²) in [5, 5.41) is 12.2. The first-order chi connectivity index (χ1) is 17.5. The van der Waals surface area contributed by atoms with Crippen LogP contribution in [0, 0.1) is 12.3 Å². The van der Waals surface area contributed by atoms with Crippen molar-refractivity contribution in [2.24, 2.45) is 5.41 Å². The monoisotopic (exact) mass is 482 g/mol. The summed E-state index contributed by atoms with van der Waals surface area (Å²) >= 11 is 0. The van der Waals surface area contributed by atoms with Gasteiger partial charge in [-0.15, -0.1) is 5.10 Å². The number of nitrogens with zero attached hydrogens (tertiary/aromatic N) is 7. The Bertz CT molecular complexity index is 1540. The van der Waals surface area contributed by atoms with Crippen molar-refractivity contribution in [3.63, 3.8) is 0 Å². The van der Waals surface area contributed by atoms with Gasteiger partial charge < -0.3 is 14.3 Å². The van der Waals surface area contributed by atoms with Gasteiger partial charge in [-0.25, -0.2) is 14.1 Å². The maximum Gasteiger partial charge on any atom is 0.137 e. The van der Waals surface area contributed by atoms with Crippen molar-refractivity contribution in [1.82, 2.24) is 39.2 Å². The SMILES string of the molecule is Cc1cc2nc(Cn3cc(-c4cncc(-n5cccc5)c4)nn3)cn2cc1CNCC12CC(F)(C1)C2. The fraction of sp³-hybridized carbons (Fsp3) is 0.333. The van der Waals surface area contributed by atoms with E-state index in [4.69, 9.17) is 4.98 Å². The van der Waals surface area contributed by atoms with Crippen molar-refractivity contribution < 1.29 is 4.39 Å². The van der Waals surface area contributed by atoms with E-state index in [0.717, 1.165) is 60.6 Å². The van der Waals surface area contributed by atoms with Crippen LogP contribution in [0.1, 0.15) is 36.1 Å². The molecule has 3 saturated carbocycles. The number of nitrogens with one attached hydrogen (secondary N) is 1. The Morgan fingerprint density at radius 3 is 2.69 bits per heavy atom. The Hall–Kier alpha value is -3.85. The Morgan fingerprint density at radius 1 is 1.06 bits per heavy atom. The maximum atomic E-state index is 13.8. The summed E-state index contributed by atoms with van der Waals surface area (Å²) in [5.41, 5.74) is 6.29. The van der Waals surface area contributed by atoms with Crippen LogP contribution < -0.4 is 5.32 Å². The van der Waals surface area contributed by atoms with E-state index in [1.54, 1.807) is 10.9 Å². The van der Waals surface area contributed by atoms with Gasteiger partial charge in [0.05, 0.1) is 30.3 Å². The van der Waals surface area contributed by atoms with Crippen LogP contribution >= 0.6 is 0 Å². The molecule has 0 atom stereocenters. The van der Waals surface area contributed by atoms with Gasteiger partial charge in [-0.2, -0.15) is 0 Å². The van der Waals surface area contributed by atoms with Crippen LogP contribution in [-0.2, 0) is 13.1 Å². The van der Waals surface area contributed by atoms with E-state index in [2.05, 4.69) is 44.2 Å². The molecule has 0 aliphatic heterocycles. The molecule has 5 heterocycles. The summed E-state index contributed by atoms with van der Waals surface area (Å²) in [6, 6.07) is 8.13. The van der Waals surface area contributed by atoms with Gasteiger partial charge in [-0.3, -0.25) is 4.98 Å². The standard InChI is InChI=1S/C27H27FN8/c1-19-6-25-31-22(12-35(25)11-21(19)9-30-18-26-15-27(28,16-26)17-26)13-36-14-24(32-33-36)20-7-23(10-29-8-20)34-4-2-3-5-34/h2-8,10-12,14,30H,9,13,15-18H2,1H3. The van der Waals surface area contributed by atoms with E-state index >= 15 is 0 Å². The van der Waals surface area contributed by atoms with Gasteiger partial charge in [0.2, 0.25) is 0 Å². The molecule has 3 aliphatic rings. The van der Waals surface area contributed by atoms with Gasteiger partial charge in [0.1, 0.15) is 17.0 Å². The molecule has 0 aromatic carbocycles. The van der Waals surface area contributed by atoms with Gasteiger partial charge in [-0.05, 0) is 67.0 Å². The molecule has 182 valence electrons. The molecule has 0 saturated heterocycles. The second-order valence-corrected chi connectivity index (χ2v) is 10.6. The summed E-state index contributed by atoms with van der Waals surface area (Å²) in [7, 11) is 0. The van der Waals surface area contributed by atoms with Crippen LogP contribution in [0.5, 0.6) is 0 Å². The number of fused-ring (bicyclic) bond motifs is 1. The molecule has 0 amide bonds. The lowest BCUT2D eigenvalue weighted by Crippen LogP contribution is -2.67. The quantitative estimate of drug-likeness (QED) is 0.360. The van der Waals surface area contributed by atoms with Crippen LogP contribution in [0.25, 0.3) is 22.6 Å². The zero-order valence-electron chi connectivity index (χ0n) is 20.1. The van der Waals surface area contributed by atoms with Crippen LogP contribution in [-0.4, -0.2) is 46.1 Å². The van der Waals surface area contributed by atoms with Gasteiger partial charge in [-0.1, -0.05) is 5.21 Å². The molecule has 3 fully saturated rings. The topological polar surface area (TPSA) is 77.9 Å². The number of imidazole rings is 1. The molecule has 9 heteroatoms. The summed E-state index contributed by atoms with van der Waals surface area (Å²) in [4.78, 5) is 9.16. The number of alkyl halides is 1. The fourth-order valence-corrected chi connectivity index (χ4v) is 5.89. The van der Waals surface area contributed by atoms with Crippen LogP contribution in [0.4, 0.5) is 4.39 Å². The molecular weight excluding hydrogens is 455 g/mol. The van der Waals surface area contributed by atoms with Gasteiger partial charge >= 0.3 is 0 Å². The van der Waals surface area contributed by atoms with E-state index in [9.17, 15) is 4.39 Å². The van der Waals surface area contributed by atoms with Crippen LogP contribution in [0.3, 0.4) is 0 Å². The van der Waals surface area contributed by atoms with Crippen molar-refractivity contribution in [3.8, 4) is 16.9 Å². The molecule has 5 aromatic rings. The lowest BCUT2D eigenvalue weighted by Gasteiger charge is -2.66. The molecule has 0 unspecified atom stereocenters. The minimum atomic E-state index is -0.835. The number of hydrogen-bond donors (Lipinski definition) is 1. The minimum Gasteiger partial charge on any atom is -0.322 e. The molecule has 3 aliphatic carbocycles. The molecule has 8 nitrogen and oxygen atoms in total. The number of aromatic nitrogens is 7. The minimum absolute atomic E-state index is 0.214. The largest absolute Gasteiger partial charge is 0.322 e.